The van der Waals surface area contributed by atoms with Gasteiger partial charge in [0.1, 0.15) is 0 Å². The minimum atomic E-state index is -0.589. The number of fused-ring (bicyclic) bond motifs is 3. The van der Waals surface area contributed by atoms with Crippen LogP contribution in [0.25, 0.3) is 55.9 Å². The monoisotopic (exact) mass is 624 g/mol. The molecule has 0 radical (unpaired) electrons. The third kappa shape index (κ3) is 4.89. The van der Waals surface area contributed by atoms with Crippen molar-refractivity contribution in [1.82, 2.24) is 9.97 Å². The summed E-state index contributed by atoms with van der Waals surface area (Å²) in [6.45, 7) is 0. The quantitative estimate of drug-likeness (QED) is 0.184. The van der Waals surface area contributed by atoms with E-state index < -0.39 is 5.41 Å². The molecule has 2 nitrogen and oxygen atoms in total. The zero-order valence-corrected chi connectivity index (χ0v) is 26.9. The standard InChI is InChI=1S/C47H32N2/c1-3-14-33(15-4-1)35-25-27-49-46(32-35)36-18-13-19-39(29-36)47(43-22-9-7-20-41(43)42-21-8-10-23-44(42)47)40-30-37(34-16-5-2-6-17-34)28-38(31-40)45-24-11-12-26-48-45/h1-32H. The molecule has 0 unspecified atom stereocenters. The SMILES string of the molecule is c1ccc(-c2cc(-c3ccccn3)cc(C3(c4cccc(-c5cc(-c6ccccc6)ccn5)c4)c4ccccc4-c4ccccc43)c2)cc1. The zero-order valence-electron chi connectivity index (χ0n) is 26.9. The van der Waals surface area contributed by atoms with E-state index in [1.807, 2.05) is 18.5 Å². The number of nitrogens with zero attached hydrogens (tertiary/aromatic N) is 2. The van der Waals surface area contributed by atoms with Crippen molar-refractivity contribution < 1.29 is 0 Å². The van der Waals surface area contributed by atoms with Crippen LogP contribution in [0.2, 0.25) is 0 Å². The molecule has 9 rings (SSSR count). The fourth-order valence-corrected chi connectivity index (χ4v) is 7.66. The Hall–Kier alpha value is -6.38. The molecule has 1 aliphatic rings. The molecule has 0 spiro atoms. The highest BCUT2D eigenvalue weighted by molar-refractivity contribution is 5.88. The van der Waals surface area contributed by atoms with E-state index in [1.54, 1.807) is 0 Å². The first-order chi connectivity index (χ1) is 24.3. The van der Waals surface area contributed by atoms with Crippen molar-refractivity contribution in [3.8, 4) is 55.9 Å². The van der Waals surface area contributed by atoms with Gasteiger partial charge in [-0.2, -0.15) is 0 Å². The van der Waals surface area contributed by atoms with Crippen LogP contribution in [0.15, 0.2) is 194 Å². The molecule has 1 aliphatic carbocycles. The topological polar surface area (TPSA) is 25.8 Å². The first kappa shape index (κ1) is 28.8. The lowest BCUT2D eigenvalue weighted by atomic mass is 9.66. The van der Waals surface area contributed by atoms with Gasteiger partial charge in [-0.25, -0.2) is 0 Å². The molecule has 0 fully saturated rings. The Morgan fingerprint density at radius 2 is 0.878 bits per heavy atom. The first-order valence-electron chi connectivity index (χ1n) is 16.7. The fourth-order valence-electron chi connectivity index (χ4n) is 7.66. The molecular weight excluding hydrogens is 593 g/mol. The Labute approximate surface area is 287 Å². The molecule has 0 bridgehead atoms. The number of hydrogen-bond acceptors (Lipinski definition) is 2. The van der Waals surface area contributed by atoms with Crippen LogP contribution in [-0.4, -0.2) is 9.97 Å². The maximum Gasteiger partial charge on any atom is 0.0714 e. The van der Waals surface area contributed by atoms with Crippen LogP contribution < -0.4 is 0 Å². The summed E-state index contributed by atoms with van der Waals surface area (Å²) in [5.74, 6) is 0. The minimum absolute atomic E-state index is 0.589. The molecule has 2 heterocycles. The van der Waals surface area contributed by atoms with E-state index in [-0.39, 0.29) is 0 Å². The second-order valence-electron chi connectivity index (χ2n) is 12.6. The summed E-state index contributed by atoms with van der Waals surface area (Å²) in [6, 6.07) is 65.5. The normalized spacial score (nSPS) is 12.7. The van der Waals surface area contributed by atoms with Gasteiger partial charge in [-0.15, -0.1) is 0 Å². The van der Waals surface area contributed by atoms with Crippen molar-refractivity contribution in [2.45, 2.75) is 5.41 Å². The Morgan fingerprint density at radius 3 is 1.57 bits per heavy atom. The van der Waals surface area contributed by atoms with Crippen LogP contribution in [0.5, 0.6) is 0 Å². The van der Waals surface area contributed by atoms with E-state index in [0.29, 0.717) is 0 Å². The van der Waals surface area contributed by atoms with Gasteiger partial charge in [-0.05, 0) is 104 Å². The van der Waals surface area contributed by atoms with Gasteiger partial charge in [0, 0.05) is 23.5 Å². The van der Waals surface area contributed by atoms with Gasteiger partial charge in [0.15, 0.2) is 0 Å². The lowest BCUT2D eigenvalue weighted by Crippen LogP contribution is -2.28. The lowest BCUT2D eigenvalue weighted by molar-refractivity contribution is 0.769. The van der Waals surface area contributed by atoms with Crippen molar-refractivity contribution in [3.05, 3.63) is 217 Å². The Balaban J connectivity index is 1.34. The summed E-state index contributed by atoms with van der Waals surface area (Å²) in [6.07, 6.45) is 3.79. The van der Waals surface area contributed by atoms with Crippen molar-refractivity contribution in [1.29, 1.82) is 0 Å². The smallest absolute Gasteiger partial charge is 0.0714 e. The van der Waals surface area contributed by atoms with E-state index in [2.05, 4.69) is 176 Å². The van der Waals surface area contributed by atoms with Gasteiger partial charge in [0.25, 0.3) is 0 Å². The van der Waals surface area contributed by atoms with Gasteiger partial charge >= 0.3 is 0 Å². The molecule has 0 atom stereocenters. The molecule has 8 aromatic rings. The number of rotatable bonds is 6. The zero-order chi connectivity index (χ0) is 32.6. The van der Waals surface area contributed by atoms with E-state index in [1.165, 1.54) is 44.5 Å². The highest BCUT2D eigenvalue weighted by Gasteiger charge is 2.46. The second kappa shape index (κ2) is 12.0. The van der Waals surface area contributed by atoms with Gasteiger partial charge in [0.2, 0.25) is 0 Å². The Bertz CT molecular complexity index is 2330. The van der Waals surface area contributed by atoms with Gasteiger partial charge in [-0.1, -0.05) is 133 Å². The van der Waals surface area contributed by atoms with Gasteiger partial charge < -0.3 is 0 Å². The summed E-state index contributed by atoms with van der Waals surface area (Å²) in [5, 5.41) is 0. The average Bonchev–Trinajstić information content (AvgIpc) is 3.50. The molecular formula is C47H32N2. The molecule has 0 saturated heterocycles. The molecule has 230 valence electrons. The van der Waals surface area contributed by atoms with Gasteiger partial charge in [-0.3, -0.25) is 9.97 Å². The number of hydrogen-bond donors (Lipinski definition) is 0. The van der Waals surface area contributed by atoms with Crippen molar-refractivity contribution in [2.75, 3.05) is 0 Å². The molecule has 0 amide bonds. The number of aromatic nitrogens is 2. The van der Waals surface area contributed by atoms with E-state index in [0.717, 1.165) is 33.6 Å². The lowest BCUT2D eigenvalue weighted by Gasteiger charge is -2.35. The van der Waals surface area contributed by atoms with Gasteiger partial charge in [0.05, 0.1) is 16.8 Å². The van der Waals surface area contributed by atoms with Crippen LogP contribution in [-0.2, 0) is 5.41 Å². The predicted octanol–water partition coefficient (Wildman–Crippen LogP) is 11.5. The summed E-state index contributed by atoms with van der Waals surface area (Å²) in [7, 11) is 0. The van der Waals surface area contributed by atoms with Crippen molar-refractivity contribution >= 4 is 0 Å². The number of benzene rings is 6. The Kier molecular flexibility index (Phi) is 7.06. The van der Waals surface area contributed by atoms with E-state index in [9.17, 15) is 0 Å². The van der Waals surface area contributed by atoms with Crippen LogP contribution in [0, 0.1) is 0 Å². The molecule has 6 aromatic carbocycles. The maximum atomic E-state index is 4.89. The first-order valence-corrected chi connectivity index (χ1v) is 16.7. The van der Waals surface area contributed by atoms with Crippen LogP contribution in [0.3, 0.4) is 0 Å². The predicted molar refractivity (Wildman–Crippen MR) is 201 cm³/mol. The summed E-state index contributed by atoms with van der Waals surface area (Å²) >= 11 is 0. The van der Waals surface area contributed by atoms with Crippen LogP contribution in [0.4, 0.5) is 0 Å². The fraction of sp³-hybridized carbons (Fsp3) is 0.0213. The summed E-state index contributed by atoms with van der Waals surface area (Å²) in [4.78, 5) is 9.70. The summed E-state index contributed by atoms with van der Waals surface area (Å²) in [5.41, 5.74) is 15.6. The molecule has 0 N–H and O–H groups in total. The third-order valence-electron chi connectivity index (χ3n) is 9.84. The van der Waals surface area contributed by atoms with E-state index in [4.69, 9.17) is 9.97 Å². The van der Waals surface area contributed by atoms with Crippen LogP contribution in [0.1, 0.15) is 22.3 Å². The maximum absolute atomic E-state index is 4.89. The van der Waals surface area contributed by atoms with E-state index >= 15 is 0 Å². The van der Waals surface area contributed by atoms with Crippen LogP contribution >= 0.6 is 0 Å². The molecule has 0 saturated carbocycles. The molecule has 0 aliphatic heterocycles. The Morgan fingerprint density at radius 1 is 0.306 bits per heavy atom. The highest BCUT2D eigenvalue weighted by Crippen LogP contribution is 2.57. The number of pyridine rings is 2. The largest absolute Gasteiger partial charge is 0.256 e. The van der Waals surface area contributed by atoms with Crippen molar-refractivity contribution in [3.63, 3.8) is 0 Å². The average molecular weight is 625 g/mol. The molecule has 49 heavy (non-hydrogen) atoms. The van der Waals surface area contributed by atoms with Crippen molar-refractivity contribution in [2.24, 2.45) is 0 Å². The molecule has 2 heteroatoms. The second-order valence-corrected chi connectivity index (χ2v) is 12.6. The third-order valence-corrected chi connectivity index (χ3v) is 9.84. The minimum Gasteiger partial charge on any atom is -0.256 e. The molecule has 2 aromatic heterocycles. The summed E-state index contributed by atoms with van der Waals surface area (Å²) < 4.78 is 0. The highest BCUT2D eigenvalue weighted by atomic mass is 14.7.